The molecule has 1 aromatic heterocycles. The van der Waals surface area contributed by atoms with Gasteiger partial charge in [0.1, 0.15) is 5.82 Å². The Morgan fingerprint density at radius 3 is 3.19 bits per heavy atom. The number of thioether (sulfide) groups is 1. The smallest absolute Gasteiger partial charge is 0.149 e. The molecule has 88 valence electrons. The van der Waals surface area contributed by atoms with E-state index in [0.717, 1.165) is 28.9 Å². The van der Waals surface area contributed by atoms with E-state index in [1.54, 1.807) is 0 Å². The van der Waals surface area contributed by atoms with Crippen LogP contribution in [0.1, 0.15) is 24.8 Å². The second-order valence-electron chi connectivity index (χ2n) is 4.26. The van der Waals surface area contributed by atoms with Gasteiger partial charge in [0.15, 0.2) is 0 Å². The van der Waals surface area contributed by atoms with Crippen molar-refractivity contribution in [1.29, 1.82) is 0 Å². The molecule has 0 bridgehead atoms. The third kappa shape index (κ3) is 2.82. The minimum absolute atomic E-state index is 0.718. The standard InChI is InChI=1S/C12H19N3S/c1-9-5-6-14-12(11(9)13)15-8-10-4-2-3-7-16-10/h5-6,10H,2-4,7-8,13H2,1H3,(H,14,15). The van der Waals surface area contributed by atoms with Crippen molar-refractivity contribution >= 4 is 23.3 Å². The Morgan fingerprint density at radius 1 is 1.56 bits per heavy atom. The summed E-state index contributed by atoms with van der Waals surface area (Å²) in [5.74, 6) is 2.13. The minimum atomic E-state index is 0.718. The largest absolute Gasteiger partial charge is 0.396 e. The summed E-state index contributed by atoms with van der Waals surface area (Å²) in [6.45, 7) is 2.99. The molecule has 2 heterocycles. The van der Waals surface area contributed by atoms with Gasteiger partial charge in [-0.05, 0) is 37.1 Å². The number of hydrogen-bond acceptors (Lipinski definition) is 4. The van der Waals surface area contributed by atoms with E-state index in [0.29, 0.717) is 0 Å². The van der Waals surface area contributed by atoms with Crippen LogP contribution in [0, 0.1) is 6.92 Å². The van der Waals surface area contributed by atoms with Gasteiger partial charge < -0.3 is 11.1 Å². The van der Waals surface area contributed by atoms with Crippen LogP contribution in [-0.4, -0.2) is 22.5 Å². The fourth-order valence-corrected chi connectivity index (χ4v) is 3.13. The Hall–Kier alpha value is -0.900. The molecule has 3 N–H and O–H groups in total. The second kappa shape index (κ2) is 5.43. The van der Waals surface area contributed by atoms with Crippen molar-refractivity contribution in [2.24, 2.45) is 0 Å². The van der Waals surface area contributed by atoms with Gasteiger partial charge in [-0.25, -0.2) is 4.98 Å². The van der Waals surface area contributed by atoms with Crippen molar-refractivity contribution in [3.8, 4) is 0 Å². The summed E-state index contributed by atoms with van der Waals surface area (Å²) in [7, 11) is 0. The quantitative estimate of drug-likeness (QED) is 0.848. The Morgan fingerprint density at radius 2 is 2.44 bits per heavy atom. The van der Waals surface area contributed by atoms with Crippen LogP contribution in [0.4, 0.5) is 11.5 Å². The van der Waals surface area contributed by atoms with Gasteiger partial charge in [0.2, 0.25) is 0 Å². The lowest BCUT2D eigenvalue weighted by Crippen LogP contribution is -2.21. The first-order valence-electron chi connectivity index (χ1n) is 5.84. The molecule has 1 fully saturated rings. The molecule has 0 radical (unpaired) electrons. The molecule has 0 spiro atoms. The highest BCUT2D eigenvalue weighted by Gasteiger charge is 2.14. The van der Waals surface area contributed by atoms with Crippen LogP contribution in [0.15, 0.2) is 12.3 Å². The second-order valence-corrected chi connectivity index (χ2v) is 5.67. The van der Waals surface area contributed by atoms with Gasteiger partial charge in [-0.1, -0.05) is 6.42 Å². The van der Waals surface area contributed by atoms with Gasteiger partial charge in [0, 0.05) is 18.0 Å². The highest BCUT2D eigenvalue weighted by atomic mass is 32.2. The van der Waals surface area contributed by atoms with Crippen LogP contribution in [0.3, 0.4) is 0 Å². The Balaban J connectivity index is 1.91. The van der Waals surface area contributed by atoms with Gasteiger partial charge >= 0.3 is 0 Å². The number of nitrogens with two attached hydrogens (primary N) is 1. The van der Waals surface area contributed by atoms with Gasteiger partial charge in [0.05, 0.1) is 5.69 Å². The number of pyridine rings is 1. The van der Waals surface area contributed by atoms with E-state index in [4.69, 9.17) is 5.73 Å². The maximum atomic E-state index is 5.97. The van der Waals surface area contributed by atoms with Gasteiger partial charge in [0.25, 0.3) is 0 Å². The summed E-state index contributed by atoms with van der Waals surface area (Å²) < 4.78 is 0. The Kier molecular flexibility index (Phi) is 3.93. The minimum Gasteiger partial charge on any atom is -0.396 e. The highest BCUT2D eigenvalue weighted by Crippen LogP contribution is 2.26. The van der Waals surface area contributed by atoms with Crippen molar-refractivity contribution in [1.82, 2.24) is 4.98 Å². The molecule has 1 aliphatic heterocycles. The number of nitrogens with one attached hydrogen (secondary N) is 1. The molecule has 0 aliphatic carbocycles. The van der Waals surface area contributed by atoms with Gasteiger partial charge in [-0.3, -0.25) is 0 Å². The molecule has 1 aromatic rings. The molecule has 0 amide bonds. The molecule has 0 aromatic carbocycles. The molecule has 16 heavy (non-hydrogen) atoms. The van der Waals surface area contributed by atoms with Crippen LogP contribution in [0.5, 0.6) is 0 Å². The molecule has 2 rings (SSSR count). The number of rotatable bonds is 3. The zero-order valence-corrected chi connectivity index (χ0v) is 10.5. The van der Waals surface area contributed by atoms with Crippen LogP contribution >= 0.6 is 11.8 Å². The molecule has 1 saturated heterocycles. The number of nitrogen functional groups attached to an aromatic ring is 1. The van der Waals surface area contributed by atoms with Gasteiger partial charge in [-0.2, -0.15) is 11.8 Å². The first-order valence-corrected chi connectivity index (χ1v) is 6.89. The summed E-state index contributed by atoms with van der Waals surface area (Å²) in [6, 6.07) is 1.94. The van der Waals surface area contributed by atoms with E-state index in [1.165, 1.54) is 25.0 Å². The third-order valence-electron chi connectivity index (χ3n) is 2.98. The molecule has 3 nitrogen and oxygen atoms in total. The zero-order chi connectivity index (χ0) is 11.4. The summed E-state index contributed by atoms with van der Waals surface area (Å²) in [5, 5.41) is 4.08. The van der Waals surface area contributed by atoms with Crippen LogP contribution in [-0.2, 0) is 0 Å². The van der Waals surface area contributed by atoms with Gasteiger partial charge in [-0.15, -0.1) is 0 Å². The third-order valence-corrected chi connectivity index (χ3v) is 4.38. The van der Waals surface area contributed by atoms with Crippen LogP contribution in [0.2, 0.25) is 0 Å². The summed E-state index contributed by atoms with van der Waals surface area (Å²) in [6.07, 6.45) is 5.84. The van der Waals surface area contributed by atoms with Crippen LogP contribution in [0.25, 0.3) is 0 Å². The van der Waals surface area contributed by atoms with E-state index < -0.39 is 0 Å². The maximum Gasteiger partial charge on any atom is 0.149 e. The lowest BCUT2D eigenvalue weighted by Gasteiger charge is -2.22. The van der Waals surface area contributed by atoms with Crippen molar-refractivity contribution in [3.05, 3.63) is 17.8 Å². The fourth-order valence-electron chi connectivity index (χ4n) is 1.89. The average molecular weight is 237 g/mol. The fraction of sp³-hybridized carbons (Fsp3) is 0.583. The summed E-state index contributed by atoms with van der Waals surface area (Å²) in [4.78, 5) is 4.28. The average Bonchev–Trinajstić information content (AvgIpc) is 2.32. The topological polar surface area (TPSA) is 50.9 Å². The molecule has 1 aliphatic rings. The van der Waals surface area contributed by atoms with Crippen molar-refractivity contribution in [3.63, 3.8) is 0 Å². The van der Waals surface area contributed by atoms with E-state index in [9.17, 15) is 0 Å². The van der Waals surface area contributed by atoms with Crippen molar-refractivity contribution in [2.45, 2.75) is 31.4 Å². The Labute approximate surface area is 101 Å². The summed E-state index contributed by atoms with van der Waals surface area (Å²) >= 11 is 2.06. The number of aromatic nitrogens is 1. The molecule has 4 heteroatoms. The molecule has 1 atom stereocenters. The lowest BCUT2D eigenvalue weighted by atomic mass is 10.2. The van der Waals surface area contributed by atoms with E-state index in [-0.39, 0.29) is 0 Å². The monoisotopic (exact) mass is 237 g/mol. The zero-order valence-electron chi connectivity index (χ0n) is 9.70. The number of anilines is 2. The number of aryl methyl sites for hydroxylation is 1. The normalized spacial score (nSPS) is 20.7. The highest BCUT2D eigenvalue weighted by molar-refractivity contribution is 7.99. The predicted octanol–water partition coefficient (Wildman–Crippen LogP) is 2.67. The maximum absolute atomic E-state index is 5.97. The first kappa shape index (κ1) is 11.6. The Bertz CT molecular complexity index is 348. The predicted molar refractivity (Wildman–Crippen MR) is 72.0 cm³/mol. The van der Waals surface area contributed by atoms with E-state index in [1.807, 2.05) is 19.2 Å². The van der Waals surface area contributed by atoms with Crippen LogP contribution < -0.4 is 11.1 Å². The van der Waals surface area contributed by atoms with Crippen molar-refractivity contribution in [2.75, 3.05) is 23.3 Å². The summed E-state index contributed by atoms with van der Waals surface area (Å²) in [5.41, 5.74) is 7.84. The molecule has 0 saturated carbocycles. The molecular weight excluding hydrogens is 218 g/mol. The van der Waals surface area contributed by atoms with Crippen molar-refractivity contribution < 1.29 is 0 Å². The lowest BCUT2D eigenvalue weighted by molar-refractivity contribution is 0.677. The first-order chi connectivity index (χ1) is 7.77. The number of nitrogens with zero attached hydrogens (tertiary/aromatic N) is 1. The SMILES string of the molecule is Cc1ccnc(NCC2CCCCS2)c1N. The number of hydrogen-bond donors (Lipinski definition) is 2. The molecular formula is C12H19N3S. The van der Waals surface area contributed by atoms with E-state index in [2.05, 4.69) is 22.1 Å². The molecule has 1 unspecified atom stereocenters. The van der Waals surface area contributed by atoms with E-state index >= 15 is 0 Å².